The van der Waals surface area contributed by atoms with Crippen LogP contribution in [0.5, 0.6) is 0 Å². The highest BCUT2D eigenvalue weighted by atomic mass is 16.1. The molecule has 1 aliphatic carbocycles. The molecule has 2 aliphatic rings. The first kappa shape index (κ1) is 14.0. The van der Waals surface area contributed by atoms with Gasteiger partial charge in [-0.05, 0) is 50.9 Å². The molecule has 104 valence electrons. The number of nitrogens with zero attached hydrogens (tertiary/aromatic N) is 1. The second-order valence-corrected chi connectivity index (χ2v) is 7.63. The Hall–Kier alpha value is -0.370. The van der Waals surface area contributed by atoms with Gasteiger partial charge in [0.1, 0.15) is 0 Å². The number of likely N-dealkylation sites (tertiary alicyclic amines) is 1. The lowest BCUT2D eigenvalue weighted by Gasteiger charge is -2.47. The molecule has 2 rings (SSSR count). The maximum Gasteiger partial charge on any atom is 0.154 e. The summed E-state index contributed by atoms with van der Waals surface area (Å²) in [6, 6.07) is 0.502. The fraction of sp³-hybridized carbons (Fsp3) is 0.938. The molecule has 0 aromatic rings. The molecule has 1 spiro atoms. The number of carbonyl (C=O) groups excluding carboxylic acids is 1. The number of Topliss-reactive ketones (excluding diaryl/α,β-unsaturated/α-hetero) is 1. The Kier molecular flexibility index (Phi) is 3.61. The Morgan fingerprint density at radius 3 is 2.22 bits per heavy atom. The first-order valence-electron chi connectivity index (χ1n) is 7.57. The van der Waals surface area contributed by atoms with E-state index in [0.29, 0.717) is 17.2 Å². The van der Waals surface area contributed by atoms with Gasteiger partial charge in [-0.2, -0.15) is 0 Å². The molecule has 18 heavy (non-hydrogen) atoms. The molecule has 1 saturated heterocycles. The predicted molar refractivity (Wildman–Crippen MR) is 75.6 cm³/mol. The van der Waals surface area contributed by atoms with Gasteiger partial charge in [-0.1, -0.05) is 20.8 Å². The van der Waals surface area contributed by atoms with Gasteiger partial charge in [0.05, 0.1) is 5.54 Å². The molecular formula is C16H29NO. The zero-order chi connectivity index (χ0) is 13.6. The van der Waals surface area contributed by atoms with Crippen LogP contribution in [0.1, 0.15) is 66.7 Å². The maximum absolute atomic E-state index is 12.4. The van der Waals surface area contributed by atoms with E-state index in [-0.39, 0.29) is 5.54 Å². The molecule has 1 aliphatic heterocycles. The highest BCUT2D eigenvalue weighted by molar-refractivity contribution is 5.90. The molecular weight excluding hydrogens is 222 g/mol. The highest BCUT2D eigenvalue weighted by Gasteiger charge is 2.51. The minimum atomic E-state index is -0.0874. The zero-order valence-electron chi connectivity index (χ0n) is 12.8. The first-order chi connectivity index (χ1) is 8.27. The number of hydrogen-bond donors (Lipinski definition) is 0. The summed E-state index contributed by atoms with van der Waals surface area (Å²) in [6.45, 7) is 12.5. The molecule has 0 amide bonds. The molecule has 0 N–H and O–H groups in total. The molecule has 0 bridgehead atoms. The molecule has 2 fully saturated rings. The Bertz CT molecular complexity index is 318. The van der Waals surface area contributed by atoms with Gasteiger partial charge in [-0.25, -0.2) is 0 Å². The fourth-order valence-corrected chi connectivity index (χ4v) is 4.11. The summed E-state index contributed by atoms with van der Waals surface area (Å²) < 4.78 is 0. The Morgan fingerprint density at radius 2 is 1.78 bits per heavy atom. The van der Waals surface area contributed by atoms with Crippen molar-refractivity contribution >= 4 is 5.78 Å². The van der Waals surface area contributed by atoms with Gasteiger partial charge >= 0.3 is 0 Å². The average Bonchev–Trinajstić information content (AvgIpc) is 2.56. The van der Waals surface area contributed by atoms with Crippen molar-refractivity contribution in [3.8, 4) is 0 Å². The largest absolute Gasteiger partial charge is 0.298 e. The summed E-state index contributed by atoms with van der Waals surface area (Å²) >= 11 is 0. The Morgan fingerprint density at radius 1 is 1.22 bits per heavy atom. The number of ketones is 1. The van der Waals surface area contributed by atoms with Gasteiger partial charge in [0.15, 0.2) is 5.78 Å². The lowest BCUT2D eigenvalue weighted by atomic mass is 9.66. The van der Waals surface area contributed by atoms with E-state index < -0.39 is 0 Å². The third-order valence-electron chi connectivity index (χ3n) is 5.31. The van der Waals surface area contributed by atoms with Crippen LogP contribution in [0.3, 0.4) is 0 Å². The van der Waals surface area contributed by atoms with E-state index in [1.54, 1.807) is 0 Å². The summed E-state index contributed by atoms with van der Waals surface area (Å²) in [4.78, 5) is 14.9. The molecule has 0 atom stereocenters. The van der Waals surface area contributed by atoms with Gasteiger partial charge in [0.2, 0.25) is 0 Å². The van der Waals surface area contributed by atoms with Crippen molar-refractivity contribution < 1.29 is 4.79 Å². The predicted octanol–water partition coefficient (Wildman–Crippen LogP) is 3.64. The van der Waals surface area contributed by atoms with E-state index in [1.165, 1.54) is 12.8 Å². The van der Waals surface area contributed by atoms with Crippen molar-refractivity contribution in [2.75, 3.05) is 6.54 Å². The topological polar surface area (TPSA) is 20.3 Å². The van der Waals surface area contributed by atoms with E-state index in [2.05, 4.69) is 39.5 Å². The molecule has 1 heterocycles. The normalized spacial score (nSPS) is 34.8. The lowest BCUT2D eigenvalue weighted by molar-refractivity contribution is -0.128. The molecule has 1 saturated carbocycles. The summed E-state index contributed by atoms with van der Waals surface area (Å²) in [5.74, 6) is 1.30. The quantitative estimate of drug-likeness (QED) is 0.709. The van der Waals surface area contributed by atoms with Crippen molar-refractivity contribution in [2.24, 2.45) is 11.3 Å². The molecule has 0 unspecified atom stereocenters. The third kappa shape index (κ3) is 2.24. The van der Waals surface area contributed by atoms with Gasteiger partial charge in [0, 0.05) is 19.0 Å². The number of carbonyl (C=O) groups is 1. The lowest BCUT2D eigenvalue weighted by Crippen LogP contribution is -2.54. The first-order valence-corrected chi connectivity index (χ1v) is 7.57. The van der Waals surface area contributed by atoms with Crippen LogP contribution >= 0.6 is 0 Å². The van der Waals surface area contributed by atoms with Crippen molar-refractivity contribution in [1.29, 1.82) is 0 Å². The minimum Gasteiger partial charge on any atom is -0.298 e. The summed E-state index contributed by atoms with van der Waals surface area (Å²) in [7, 11) is 0. The van der Waals surface area contributed by atoms with Crippen LogP contribution in [0.4, 0.5) is 0 Å². The second kappa shape index (κ2) is 4.63. The van der Waals surface area contributed by atoms with Crippen LogP contribution in [0.25, 0.3) is 0 Å². The van der Waals surface area contributed by atoms with Gasteiger partial charge in [-0.15, -0.1) is 0 Å². The monoisotopic (exact) mass is 251 g/mol. The zero-order valence-corrected chi connectivity index (χ0v) is 12.8. The van der Waals surface area contributed by atoms with Crippen molar-refractivity contribution in [3.63, 3.8) is 0 Å². The minimum absolute atomic E-state index is 0.0874. The van der Waals surface area contributed by atoms with Crippen LogP contribution in [0.2, 0.25) is 0 Å². The fourth-order valence-electron chi connectivity index (χ4n) is 4.11. The van der Waals surface area contributed by atoms with Crippen molar-refractivity contribution in [2.45, 2.75) is 78.3 Å². The second-order valence-electron chi connectivity index (χ2n) is 7.63. The molecule has 2 heteroatoms. The van der Waals surface area contributed by atoms with Crippen LogP contribution < -0.4 is 0 Å². The van der Waals surface area contributed by atoms with Crippen LogP contribution in [0, 0.1) is 11.3 Å². The molecule has 0 aromatic heterocycles. The Labute approximate surface area is 112 Å². The van der Waals surface area contributed by atoms with E-state index in [9.17, 15) is 4.79 Å². The summed E-state index contributed by atoms with van der Waals surface area (Å²) in [5, 5.41) is 0. The third-order valence-corrected chi connectivity index (χ3v) is 5.31. The number of hydrogen-bond acceptors (Lipinski definition) is 2. The average molecular weight is 251 g/mol. The SMILES string of the molecule is CC(C)N1CCC(=O)C12CCC(C(C)(C)C)CC2. The smallest absolute Gasteiger partial charge is 0.154 e. The molecule has 0 aromatic carbocycles. The summed E-state index contributed by atoms with van der Waals surface area (Å²) in [6.07, 6.45) is 5.40. The van der Waals surface area contributed by atoms with Crippen molar-refractivity contribution in [3.05, 3.63) is 0 Å². The van der Waals surface area contributed by atoms with Crippen LogP contribution in [-0.2, 0) is 4.79 Å². The molecule has 0 radical (unpaired) electrons. The maximum atomic E-state index is 12.4. The van der Waals surface area contributed by atoms with Gasteiger partial charge in [-0.3, -0.25) is 9.69 Å². The standard InChI is InChI=1S/C16H29NO/c1-12(2)17-11-8-14(18)16(17)9-6-13(7-10-16)15(3,4)5/h12-13H,6-11H2,1-5H3. The highest BCUT2D eigenvalue weighted by Crippen LogP contribution is 2.46. The van der Waals surface area contributed by atoms with E-state index in [4.69, 9.17) is 0 Å². The number of rotatable bonds is 1. The van der Waals surface area contributed by atoms with Crippen LogP contribution in [-0.4, -0.2) is 28.8 Å². The van der Waals surface area contributed by atoms with Gasteiger partial charge in [0.25, 0.3) is 0 Å². The van der Waals surface area contributed by atoms with E-state index in [1.807, 2.05) is 0 Å². The van der Waals surface area contributed by atoms with E-state index >= 15 is 0 Å². The molecule has 2 nitrogen and oxygen atoms in total. The van der Waals surface area contributed by atoms with Crippen LogP contribution in [0.15, 0.2) is 0 Å². The van der Waals surface area contributed by atoms with E-state index in [0.717, 1.165) is 31.7 Å². The van der Waals surface area contributed by atoms with Gasteiger partial charge < -0.3 is 0 Å². The summed E-state index contributed by atoms with van der Waals surface area (Å²) in [5.41, 5.74) is 0.307. The van der Waals surface area contributed by atoms with Crippen molar-refractivity contribution in [1.82, 2.24) is 4.90 Å². The Balaban J connectivity index is 2.12.